The van der Waals surface area contributed by atoms with Crippen LogP contribution in [0.3, 0.4) is 0 Å². The predicted molar refractivity (Wildman–Crippen MR) is 115 cm³/mol. The van der Waals surface area contributed by atoms with Crippen LogP contribution in [0.5, 0.6) is 0 Å². The van der Waals surface area contributed by atoms with Gasteiger partial charge in [0.2, 0.25) is 5.91 Å². The summed E-state index contributed by atoms with van der Waals surface area (Å²) in [5.74, 6) is -0.737. The van der Waals surface area contributed by atoms with Crippen LogP contribution in [0, 0.1) is 13.8 Å². The van der Waals surface area contributed by atoms with Crippen LogP contribution < -0.4 is 10.6 Å². The maximum Gasteiger partial charge on any atom is 0.409 e. The SMILES string of the molecule is CC(=O)Nc1c(C)cc2c(c1C)C(NC(=O)OCc1ccccc1)N(C)C(=O)C(O)C2. The van der Waals surface area contributed by atoms with Gasteiger partial charge in [0, 0.05) is 31.6 Å². The van der Waals surface area contributed by atoms with Crippen LogP contribution in [0.15, 0.2) is 36.4 Å². The molecule has 0 aliphatic carbocycles. The molecule has 2 unspecified atom stereocenters. The summed E-state index contributed by atoms with van der Waals surface area (Å²) in [5.41, 5.74) is 4.35. The summed E-state index contributed by atoms with van der Waals surface area (Å²) in [7, 11) is 1.51. The second-order valence-electron chi connectivity index (χ2n) is 7.73. The van der Waals surface area contributed by atoms with E-state index in [1.165, 1.54) is 18.9 Å². The fourth-order valence-corrected chi connectivity index (χ4v) is 3.90. The van der Waals surface area contributed by atoms with E-state index in [0.717, 1.165) is 16.7 Å². The second kappa shape index (κ2) is 9.18. The molecule has 3 amide bonds. The van der Waals surface area contributed by atoms with Crippen LogP contribution in [-0.2, 0) is 27.4 Å². The fourth-order valence-electron chi connectivity index (χ4n) is 3.90. The molecule has 0 radical (unpaired) electrons. The Morgan fingerprint density at radius 1 is 1.23 bits per heavy atom. The third kappa shape index (κ3) is 4.86. The van der Waals surface area contributed by atoms with E-state index in [2.05, 4.69) is 10.6 Å². The highest BCUT2D eigenvalue weighted by Crippen LogP contribution is 2.35. The molecule has 0 fully saturated rings. The number of hydrogen-bond acceptors (Lipinski definition) is 5. The Balaban J connectivity index is 1.95. The number of amides is 3. The molecule has 2 atom stereocenters. The summed E-state index contributed by atoms with van der Waals surface area (Å²) in [6, 6.07) is 11.1. The van der Waals surface area contributed by atoms with Gasteiger partial charge in [0.05, 0.1) is 0 Å². The Bertz CT molecular complexity index is 1010. The van der Waals surface area contributed by atoms with Crippen LogP contribution in [0.1, 0.15) is 40.9 Å². The van der Waals surface area contributed by atoms with Crippen molar-refractivity contribution in [1.82, 2.24) is 10.2 Å². The van der Waals surface area contributed by atoms with Gasteiger partial charge < -0.3 is 20.1 Å². The molecular formula is C23H27N3O5. The van der Waals surface area contributed by atoms with Gasteiger partial charge in [0.25, 0.3) is 5.91 Å². The van der Waals surface area contributed by atoms with E-state index < -0.39 is 24.3 Å². The molecule has 0 spiro atoms. The number of aryl methyl sites for hydroxylation is 1. The lowest BCUT2D eigenvalue weighted by molar-refractivity contribution is -0.140. The van der Waals surface area contributed by atoms with Crippen molar-refractivity contribution in [3.05, 3.63) is 64.2 Å². The quantitative estimate of drug-likeness (QED) is 0.698. The van der Waals surface area contributed by atoms with Crippen molar-refractivity contribution >= 4 is 23.6 Å². The van der Waals surface area contributed by atoms with Crippen molar-refractivity contribution in [2.45, 2.75) is 46.1 Å². The maximum atomic E-state index is 12.7. The Kier molecular flexibility index (Phi) is 6.60. The zero-order valence-electron chi connectivity index (χ0n) is 18.1. The normalized spacial score (nSPS) is 18.1. The molecule has 2 aromatic carbocycles. The number of fused-ring (bicyclic) bond motifs is 1. The molecule has 0 bridgehead atoms. The number of ether oxygens (including phenoxy) is 1. The van der Waals surface area contributed by atoms with Gasteiger partial charge >= 0.3 is 6.09 Å². The first-order chi connectivity index (χ1) is 14.7. The molecule has 8 nitrogen and oxygen atoms in total. The lowest BCUT2D eigenvalue weighted by atomic mass is 9.92. The van der Waals surface area contributed by atoms with Crippen molar-refractivity contribution in [2.24, 2.45) is 0 Å². The van der Waals surface area contributed by atoms with E-state index in [1.807, 2.05) is 50.2 Å². The third-order valence-corrected chi connectivity index (χ3v) is 5.39. The van der Waals surface area contributed by atoms with E-state index in [0.29, 0.717) is 16.8 Å². The average Bonchev–Trinajstić information content (AvgIpc) is 2.81. The smallest absolute Gasteiger partial charge is 0.409 e. The molecule has 8 heteroatoms. The summed E-state index contributed by atoms with van der Waals surface area (Å²) in [4.78, 5) is 38.2. The Labute approximate surface area is 181 Å². The van der Waals surface area contributed by atoms with Crippen LogP contribution in [0.2, 0.25) is 0 Å². The summed E-state index contributed by atoms with van der Waals surface area (Å²) >= 11 is 0. The summed E-state index contributed by atoms with van der Waals surface area (Å²) in [6.07, 6.45) is -2.69. The van der Waals surface area contributed by atoms with Gasteiger partial charge in [0.15, 0.2) is 0 Å². The summed E-state index contributed by atoms with van der Waals surface area (Å²) in [5, 5.41) is 15.9. The van der Waals surface area contributed by atoms with Gasteiger partial charge in [-0.2, -0.15) is 0 Å². The Morgan fingerprint density at radius 2 is 1.90 bits per heavy atom. The molecule has 3 N–H and O–H groups in total. The van der Waals surface area contributed by atoms with E-state index in [-0.39, 0.29) is 18.9 Å². The van der Waals surface area contributed by atoms with Crippen LogP contribution in [0.25, 0.3) is 0 Å². The number of likely N-dealkylation sites (N-methyl/N-ethyl adjacent to an activating group) is 1. The minimum Gasteiger partial charge on any atom is -0.445 e. The average molecular weight is 425 g/mol. The molecule has 0 saturated carbocycles. The van der Waals surface area contributed by atoms with Crippen LogP contribution in [-0.4, -0.2) is 41.1 Å². The number of hydrogen-bond donors (Lipinski definition) is 3. The molecule has 31 heavy (non-hydrogen) atoms. The molecule has 164 valence electrons. The molecule has 2 aromatic rings. The number of rotatable bonds is 4. The summed E-state index contributed by atoms with van der Waals surface area (Å²) < 4.78 is 5.34. The van der Waals surface area contributed by atoms with Gasteiger partial charge in [0.1, 0.15) is 18.9 Å². The first-order valence-electron chi connectivity index (χ1n) is 10.0. The Hall–Kier alpha value is -3.39. The van der Waals surface area contributed by atoms with E-state index >= 15 is 0 Å². The fraction of sp³-hybridized carbons (Fsp3) is 0.348. The molecule has 1 aliphatic heterocycles. The maximum absolute atomic E-state index is 12.7. The molecule has 1 heterocycles. The van der Waals surface area contributed by atoms with E-state index in [4.69, 9.17) is 4.74 Å². The highest BCUT2D eigenvalue weighted by Gasteiger charge is 2.36. The summed E-state index contributed by atoms with van der Waals surface area (Å²) in [6.45, 7) is 5.16. The van der Waals surface area contributed by atoms with Gasteiger partial charge in [-0.1, -0.05) is 36.4 Å². The van der Waals surface area contributed by atoms with Crippen molar-refractivity contribution in [1.29, 1.82) is 0 Å². The topological polar surface area (TPSA) is 108 Å². The standard InChI is InChI=1S/C23H27N3O5/c1-13-10-17-11-18(28)22(29)26(4)21(19(17)14(2)20(13)24-15(3)27)25-23(30)31-12-16-8-6-5-7-9-16/h5-10,18,21,28H,11-12H2,1-4H3,(H,24,27)(H,25,30). The van der Waals surface area contributed by atoms with E-state index in [9.17, 15) is 19.5 Å². The van der Waals surface area contributed by atoms with Crippen LogP contribution >= 0.6 is 0 Å². The molecule has 0 saturated heterocycles. The van der Waals surface area contributed by atoms with Gasteiger partial charge in [-0.3, -0.25) is 14.9 Å². The number of carbonyl (C=O) groups excluding carboxylic acids is 3. The molecular weight excluding hydrogens is 398 g/mol. The number of alkyl carbamates (subject to hydrolysis) is 1. The van der Waals surface area contributed by atoms with Crippen molar-refractivity contribution < 1.29 is 24.2 Å². The van der Waals surface area contributed by atoms with Crippen molar-refractivity contribution in [3.8, 4) is 0 Å². The lowest BCUT2D eigenvalue weighted by Gasteiger charge is -2.30. The molecule has 3 rings (SSSR count). The van der Waals surface area contributed by atoms with Crippen molar-refractivity contribution in [2.75, 3.05) is 12.4 Å². The zero-order chi connectivity index (χ0) is 22.7. The number of nitrogens with zero attached hydrogens (tertiary/aromatic N) is 1. The second-order valence-corrected chi connectivity index (χ2v) is 7.73. The predicted octanol–water partition coefficient (Wildman–Crippen LogP) is 2.56. The number of carbonyl (C=O) groups is 3. The number of nitrogens with one attached hydrogen (secondary N) is 2. The Morgan fingerprint density at radius 3 is 2.55 bits per heavy atom. The monoisotopic (exact) mass is 425 g/mol. The highest BCUT2D eigenvalue weighted by atomic mass is 16.5. The molecule has 0 aromatic heterocycles. The zero-order valence-corrected chi connectivity index (χ0v) is 18.1. The van der Waals surface area contributed by atoms with Gasteiger partial charge in [-0.05, 0) is 36.1 Å². The number of anilines is 1. The number of benzene rings is 2. The number of aliphatic hydroxyl groups is 1. The van der Waals surface area contributed by atoms with Crippen LogP contribution in [0.4, 0.5) is 10.5 Å². The van der Waals surface area contributed by atoms with Gasteiger partial charge in [-0.25, -0.2) is 4.79 Å². The minimum absolute atomic E-state index is 0.0799. The van der Waals surface area contributed by atoms with Gasteiger partial charge in [-0.15, -0.1) is 0 Å². The molecule has 1 aliphatic rings. The minimum atomic E-state index is -1.23. The van der Waals surface area contributed by atoms with Crippen molar-refractivity contribution in [3.63, 3.8) is 0 Å². The van der Waals surface area contributed by atoms with E-state index in [1.54, 1.807) is 0 Å². The highest BCUT2D eigenvalue weighted by molar-refractivity contribution is 5.91. The number of aliphatic hydroxyl groups excluding tert-OH is 1. The third-order valence-electron chi connectivity index (χ3n) is 5.39. The largest absolute Gasteiger partial charge is 0.445 e. The first kappa shape index (κ1) is 22.3. The first-order valence-corrected chi connectivity index (χ1v) is 10.0. The lowest BCUT2D eigenvalue weighted by Crippen LogP contribution is -2.45.